The van der Waals surface area contributed by atoms with Crippen molar-refractivity contribution >= 4 is 11.4 Å². The first-order valence-corrected chi connectivity index (χ1v) is 5.96. The highest BCUT2D eigenvalue weighted by molar-refractivity contribution is 5.90. The minimum atomic E-state index is 0.691. The zero-order valence-corrected chi connectivity index (χ0v) is 10.3. The van der Waals surface area contributed by atoms with Gasteiger partial charge in [-0.1, -0.05) is 36.4 Å². The summed E-state index contributed by atoms with van der Waals surface area (Å²) in [4.78, 5) is 0. The Morgan fingerprint density at radius 3 is 1.95 bits per heavy atom. The molecule has 1 aromatic heterocycles. The van der Waals surface area contributed by atoms with E-state index in [1.807, 2.05) is 48.5 Å². The maximum atomic E-state index is 6.01. The summed E-state index contributed by atoms with van der Waals surface area (Å²) in [7, 11) is 0. The van der Waals surface area contributed by atoms with Crippen LogP contribution in [0.5, 0.6) is 0 Å². The molecule has 0 aliphatic rings. The third-order valence-electron chi connectivity index (χ3n) is 3.09. The molecule has 0 atom stereocenters. The van der Waals surface area contributed by atoms with Gasteiger partial charge in [0.25, 0.3) is 0 Å². The molecule has 1 heterocycles. The maximum absolute atomic E-state index is 6.01. The number of furan rings is 1. The second kappa shape index (κ2) is 4.53. The summed E-state index contributed by atoms with van der Waals surface area (Å²) in [5, 5.41) is 0. The van der Waals surface area contributed by atoms with E-state index in [0.717, 1.165) is 22.3 Å². The van der Waals surface area contributed by atoms with Gasteiger partial charge in [0, 0.05) is 33.6 Å². The zero-order chi connectivity index (χ0) is 13.2. The van der Waals surface area contributed by atoms with Crippen molar-refractivity contribution in [3.8, 4) is 22.3 Å². The van der Waals surface area contributed by atoms with Crippen molar-refractivity contribution in [3.63, 3.8) is 0 Å². The fourth-order valence-corrected chi connectivity index (χ4v) is 2.13. The second-order valence-corrected chi connectivity index (χ2v) is 4.30. The maximum Gasteiger partial charge on any atom is 0.178 e. The minimum Gasteiger partial charge on any atom is -0.460 e. The number of rotatable bonds is 2. The van der Waals surface area contributed by atoms with Crippen LogP contribution in [0.15, 0.2) is 59.2 Å². The van der Waals surface area contributed by atoms with E-state index in [2.05, 4.69) is 6.26 Å². The molecule has 4 N–H and O–H groups in total. The van der Waals surface area contributed by atoms with Gasteiger partial charge < -0.3 is 15.9 Å². The summed E-state index contributed by atoms with van der Waals surface area (Å²) in [6.45, 7) is 0. The lowest BCUT2D eigenvalue weighted by atomic mass is 9.97. The second-order valence-electron chi connectivity index (χ2n) is 4.30. The molecule has 0 spiro atoms. The molecule has 0 fully saturated rings. The lowest BCUT2D eigenvalue weighted by molar-refractivity contribution is 0.560. The van der Waals surface area contributed by atoms with Gasteiger partial charge in [-0.05, 0) is 12.1 Å². The molecule has 0 unspecified atom stereocenters. The van der Waals surface area contributed by atoms with E-state index in [1.165, 1.54) is 0 Å². The number of hydrogen-bond donors (Lipinski definition) is 2. The Kier molecular flexibility index (Phi) is 2.72. The average molecular weight is 249 g/mol. The molecule has 3 nitrogen and oxygen atoms in total. The number of hydrogen-bond acceptors (Lipinski definition) is 3. The van der Waals surface area contributed by atoms with Crippen LogP contribution in [0.3, 0.4) is 0 Å². The van der Waals surface area contributed by atoms with Crippen molar-refractivity contribution in [2.75, 3.05) is 11.5 Å². The summed E-state index contributed by atoms with van der Waals surface area (Å²) >= 11 is 0. The minimum absolute atomic E-state index is 0.691. The van der Waals surface area contributed by atoms with E-state index >= 15 is 0 Å². The summed E-state index contributed by atoms with van der Waals surface area (Å²) < 4.78 is 5.23. The largest absolute Gasteiger partial charge is 0.460 e. The summed E-state index contributed by atoms with van der Waals surface area (Å²) in [6, 6.07) is 15.3. The van der Waals surface area contributed by atoms with E-state index in [1.54, 1.807) is 6.26 Å². The van der Waals surface area contributed by atoms with Crippen molar-refractivity contribution in [2.45, 2.75) is 0 Å². The molecule has 0 saturated carbocycles. The first kappa shape index (κ1) is 11.4. The van der Waals surface area contributed by atoms with Gasteiger partial charge in [-0.15, -0.1) is 0 Å². The predicted octanol–water partition coefficient (Wildman–Crippen LogP) is 3.58. The van der Waals surface area contributed by atoms with E-state index in [4.69, 9.17) is 15.9 Å². The highest BCUT2D eigenvalue weighted by Gasteiger charge is 2.14. The standard InChI is InChI=1S/C16H13N2O/c17-15-7-3-1-5-11(15)13-9-19-10-14(13)12-6-2-4-8-16(12)18/h1-9H,17-18H2. The highest BCUT2D eigenvalue weighted by Crippen LogP contribution is 2.37. The molecule has 0 bridgehead atoms. The molecule has 3 rings (SSSR count). The first-order valence-electron chi connectivity index (χ1n) is 5.96. The van der Waals surface area contributed by atoms with Crippen molar-refractivity contribution in [3.05, 3.63) is 61.1 Å². The predicted molar refractivity (Wildman–Crippen MR) is 77.2 cm³/mol. The molecule has 19 heavy (non-hydrogen) atoms. The van der Waals surface area contributed by atoms with E-state index in [9.17, 15) is 0 Å². The van der Waals surface area contributed by atoms with Crippen molar-refractivity contribution in [1.29, 1.82) is 0 Å². The van der Waals surface area contributed by atoms with E-state index in [-0.39, 0.29) is 0 Å². The molecule has 2 aromatic carbocycles. The molecule has 93 valence electrons. The molecular weight excluding hydrogens is 236 g/mol. The normalized spacial score (nSPS) is 10.5. The Morgan fingerprint density at radius 1 is 0.737 bits per heavy atom. The SMILES string of the molecule is Nc1ccccc1-c1[c]occ1-c1ccccc1N. The van der Waals surface area contributed by atoms with Gasteiger partial charge in [0.2, 0.25) is 0 Å². The molecule has 1 radical (unpaired) electrons. The van der Waals surface area contributed by atoms with Crippen LogP contribution in [0.2, 0.25) is 0 Å². The smallest absolute Gasteiger partial charge is 0.178 e. The third kappa shape index (κ3) is 1.95. The van der Waals surface area contributed by atoms with E-state index < -0.39 is 0 Å². The fourth-order valence-electron chi connectivity index (χ4n) is 2.13. The first-order chi connectivity index (χ1) is 9.27. The highest BCUT2D eigenvalue weighted by atomic mass is 16.3. The number of anilines is 2. The Balaban J connectivity index is 2.20. The van der Waals surface area contributed by atoms with Crippen LogP contribution < -0.4 is 11.5 Å². The molecule has 0 aliphatic carbocycles. The number of para-hydroxylation sites is 2. The van der Waals surface area contributed by atoms with Crippen LogP contribution in [0, 0.1) is 6.26 Å². The Morgan fingerprint density at radius 2 is 1.32 bits per heavy atom. The quantitative estimate of drug-likeness (QED) is 0.682. The van der Waals surface area contributed by atoms with Gasteiger partial charge in [-0.3, -0.25) is 0 Å². The van der Waals surface area contributed by atoms with Gasteiger partial charge in [-0.25, -0.2) is 0 Å². The number of benzene rings is 2. The summed E-state index contributed by atoms with van der Waals surface area (Å²) in [6.07, 6.45) is 4.52. The summed E-state index contributed by atoms with van der Waals surface area (Å²) in [5.41, 5.74) is 17.0. The van der Waals surface area contributed by atoms with Crippen molar-refractivity contribution in [2.24, 2.45) is 0 Å². The average Bonchev–Trinajstić information content (AvgIpc) is 2.89. The molecule has 0 amide bonds. The van der Waals surface area contributed by atoms with Gasteiger partial charge in [0.15, 0.2) is 6.26 Å². The number of nitrogens with two attached hydrogens (primary N) is 2. The molecular formula is C16H13N2O. The van der Waals surface area contributed by atoms with Gasteiger partial charge >= 0.3 is 0 Å². The molecule has 0 saturated heterocycles. The molecule has 0 aliphatic heterocycles. The van der Waals surface area contributed by atoms with Gasteiger partial charge in [0.1, 0.15) is 0 Å². The lowest BCUT2D eigenvalue weighted by Crippen LogP contribution is -1.92. The Bertz CT molecular complexity index is 656. The third-order valence-corrected chi connectivity index (χ3v) is 3.09. The van der Waals surface area contributed by atoms with E-state index in [0.29, 0.717) is 11.4 Å². The topological polar surface area (TPSA) is 65.2 Å². The van der Waals surface area contributed by atoms with Crippen molar-refractivity contribution in [1.82, 2.24) is 0 Å². The molecule has 3 aromatic rings. The van der Waals surface area contributed by atoms with Crippen LogP contribution in [-0.4, -0.2) is 0 Å². The fraction of sp³-hybridized carbons (Fsp3) is 0. The van der Waals surface area contributed by atoms with Gasteiger partial charge in [0.05, 0.1) is 6.26 Å². The number of nitrogen functional groups attached to an aromatic ring is 2. The lowest BCUT2D eigenvalue weighted by Gasteiger charge is -2.07. The molecule has 3 heteroatoms. The van der Waals surface area contributed by atoms with Crippen LogP contribution in [-0.2, 0) is 0 Å². The van der Waals surface area contributed by atoms with Crippen LogP contribution in [0.4, 0.5) is 11.4 Å². The summed E-state index contributed by atoms with van der Waals surface area (Å²) in [5.74, 6) is 0. The zero-order valence-electron chi connectivity index (χ0n) is 10.3. The Hall–Kier alpha value is -2.68. The Labute approximate surface area is 111 Å². The monoisotopic (exact) mass is 249 g/mol. The van der Waals surface area contributed by atoms with Crippen LogP contribution >= 0.6 is 0 Å². The van der Waals surface area contributed by atoms with Crippen molar-refractivity contribution < 1.29 is 4.42 Å². The van der Waals surface area contributed by atoms with Crippen LogP contribution in [0.1, 0.15) is 0 Å². The van der Waals surface area contributed by atoms with Crippen LogP contribution in [0.25, 0.3) is 22.3 Å². The van der Waals surface area contributed by atoms with Gasteiger partial charge in [-0.2, -0.15) is 0 Å².